The third kappa shape index (κ3) is 4.20. The molecule has 0 radical (unpaired) electrons. The van der Waals surface area contributed by atoms with Gasteiger partial charge < -0.3 is 10.6 Å². The van der Waals surface area contributed by atoms with Crippen molar-refractivity contribution in [3.63, 3.8) is 0 Å². The lowest BCUT2D eigenvalue weighted by molar-refractivity contribution is -0.119. The zero-order valence-electron chi connectivity index (χ0n) is 8.25. The first-order chi connectivity index (χ1) is 7.63. The number of hydrogen-bond donors (Lipinski definition) is 2. The fourth-order valence-electron chi connectivity index (χ4n) is 0.904. The average Bonchev–Trinajstić information content (AvgIpc) is 2.69. The van der Waals surface area contributed by atoms with Gasteiger partial charge in [-0.25, -0.2) is 0 Å². The summed E-state index contributed by atoms with van der Waals surface area (Å²) in [6.45, 7) is 0.109. The predicted octanol–water partition coefficient (Wildman–Crippen LogP) is 0.832. The Morgan fingerprint density at radius 3 is 2.81 bits per heavy atom. The number of hydrogen-bond acceptors (Lipinski definition) is 3. The number of thiophene rings is 1. The highest BCUT2D eigenvalue weighted by Crippen LogP contribution is 2.16. The SMILES string of the molecule is C#CCNC(=O)CNC(=O)c1csc(I)c1. The second-order valence-electron chi connectivity index (χ2n) is 2.80. The van der Waals surface area contributed by atoms with E-state index < -0.39 is 0 Å². The van der Waals surface area contributed by atoms with Gasteiger partial charge >= 0.3 is 0 Å². The third-order valence-corrected chi connectivity index (χ3v) is 3.42. The molecule has 0 atom stereocenters. The molecule has 16 heavy (non-hydrogen) atoms. The van der Waals surface area contributed by atoms with Crippen molar-refractivity contribution in [3.8, 4) is 12.3 Å². The molecule has 0 unspecified atom stereocenters. The number of halogens is 1. The van der Waals surface area contributed by atoms with Gasteiger partial charge in [0.1, 0.15) is 0 Å². The van der Waals surface area contributed by atoms with Crippen molar-refractivity contribution in [1.29, 1.82) is 0 Å². The Kier molecular flexibility index (Phi) is 5.28. The molecule has 0 aliphatic heterocycles. The van der Waals surface area contributed by atoms with E-state index in [1.807, 2.05) is 0 Å². The van der Waals surface area contributed by atoms with Crippen molar-refractivity contribution in [3.05, 3.63) is 19.9 Å². The van der Waals surface area contributed by atoms with Gasteiger partial charge in [0.05, 0.1) is 21.5 Å². The van der Waals surface area contributed by atoms with Crippen molar-refractivity contribution in [2.24, 2.45) is 0 Å². The van der Waals surface area contributed by atoms with Crippen molar-refractivity contribution in [2.75, 3.05) is 13.1 Å². The first-order valence-corrected chi connectivity index (χ1v) is 6.31. The lowest BCUT2D eigenvalue weighted by Gasteiger charge is -2.03. The molecule has 1 aromatic rings. The minimum absolute atomic E-state index is 0.0626. The molecule has 0 aliphatic carbocycles. The molecule has 0 saturated carbocycles. The largest absolute Gasteiger partial charge is 0.344 e. The number of amides is 2. The molecule has 0 spiro atoms. The third-order valence-electron chi connectivity index (χ3n) is 1.63. The summed E-state index contributed by atoms with van der Waals surface area (Å²) < 4.78 is 1.03. The van der Waals surface area contributed by atoms with E-state index >= 15 is 0 Å². The number of rotatable bonds is 4. The van der Waals surface area contributed by atoms with E-state index in [9.17, 15) is 9.59 Å². The summed E-state index contributed by atoms with van der Waals surface area (Å²) in [4.78, 5) is 22.6. The van der Waals surface area contributed by atoms with Crippen LogP contribution >= 0.6 is 33.9 Å². The Morgan fingerprint density at radius 2 is 2.25 bits per heavy atom. The van der Waals surface area contributed by atoms with Crippen LogP contribution in [0.4, 0.5) is 0 Å². The van der Waals surface area contributed by atoms with E-state index in [2.05, 4.69) is 39.1 Å². The van der Waals surface area contributed by atoms with Crippen LogP contribution in [0.3, 0.4) is 0 Å². The van der Waals surface area contributed by atoms with Crippen LogP contribution in [-0.4, -0.2) is 24.9 Å². The first-order valence-electron chi connectivity index (χ1n) is 4.36. The van der Waals surface area contributed by atoms with Crippen LogP contribution in [0.1, 0.15) is 10.4 Å². The van der Waals surface area contributed by atoms with Gasteiger partial charge in [-0.3, -0.25) is 9.59 Å². The molecule has 84 valence electrons. The molecule has 2 amide bonds. The van der Waals surface area contributed by atoms with Gasteiger partial charge in [-0.05, 0) is 28.7 Å². The van der Waals surface area contributed by atoms with Crippen LogP contribution in [0.25, 0.3) is 0 Å². The first kappa shape index (κ1) is 13.0. The highest BCUT2D eigenvalue weighted by Gasteiger charge is 2.08. The van der Waals surface area contributed by atoms with Crippen LogP contribution in [0.2, 0.25) is 0 Å². The molecule has 6 heteroatoms. The Labute approximate surface area is 111 Å². The van der Waals surface area contributed by atoms with Crippen LogP contribution < -0.4 is 10.6 Å². The Balaban J connectivity index is 2.36. The topological polar surface area (TPSA) is 58.2 Å². The molecule has 0 bridgehead atoms. The van der Waals surface area contributed by atoms with Crippen molar-refractivity contribution >= 4 is 45.7 Å². The second-order valence-corrected chi connectivity index (χ2v) is 5.61. The normalized spacial score (nSPS) is 9.25. The van der Waals surface area contributed by atoms with Crippen molar-refractivity contribution in [2.45, 2.75) is 0 Å². The molecule has 0 aromatic carbocycles. The van der Waals surface area contributed by atoms with Crippen molar-refractivity contribution in [1.82, 2.24) is 10.6 Å². The van der Waals surface area contributed by atoms with Crippen LogP contribution in [-0.2, 0) is 4.79 Å². The molecular weight excluding hydrogens is 339 g/mol. The second kappa shape index (κ2) is 6.50. The van der Waals surface area contributed by atoms with E-state index in [1.54, 1.807) is 11.4 Å². The monoisotopic (exact) mass is 348 g/mol. The predicted molar refractivity (Wildman–Crippen MR) is 71.2 cm³/mol. The summed E-state index contributed by atoms with van der Waals surface area (Å²) in [5, 5.41) is 6.71. The van der Waals surface area contributed by atoms with Gasteiger partial charge in [0.2, 0.25) is 5.91 Å². The van der Waals surface area contributed by atoms with E-state index in [0.717, 1.165) is 2.88 Å². The highest BCUT2D eigenvalue weighted by atomic mass is 127. The minimum Gasteiger partial charge on any atom is -0.344 e. The van der Waals surface area contributed by atoms with E-state index in [1.165, 1.54) is 11.3 Å². The molecule has 0 aliphatic rings. The van der Waals surface area contributed by atoms with Crippen LogP contribution in [0.15, 0.2) is 11.4 Å². The Morgan fingerprint density at radius 1 is 1.50 bits per heavy atom. The molecule has 4 nitrogen and oxygen atoms in total. The van der Waals surface area contributed by atoms with Crippen LogP contribution in [0, 0.1) is 15.2 Å². The number of carbonyl (C=O) groups excluding carboxylic acids is 2. The number of carbonyl (C=O) groups is 2. The number of nitrogens with one attached hydrogen (secondary N) is 2. The minimum atomic E-state index is -0.295. The summed E-state index contributed by atoms with van der Waals surface area (Å²) in [5.41, 5.74) is 0.569. The van der Waals surface area contributed by atoms with Gasteiger partial charge in [-0.1, -0.05) is 5.92 Å². The molecular formula is C10H9IN2O2S. The summed E-state index contributed by atoms with van der Waals surface area (Å²) in [5.74, 6) is 1.73. The Hall–Kier alpha value is -1.07. The molecule has 1 aromatic heterocycles. The summed E-state index contributed by atoms with van der Waals surface area (Å²) >= 11 is 3.61. The lowest BCUT2D eigenvalue weighted by atomic mass is 10.3. The fraction of sp³-hybridized carbons (Fsp3) is 0.200. The zero-order valence-corrected chi connectivity index (χ0v) is 11.2. The summed E-state index contributed by atoms with van der Waals surface area (Å²) in [7, 11) is 0. The summed E-state index contributed by atoms with van der Waals surface area (Å²) in [6.07, 6.45) is 4.98. The standard InChI is InChI=1S/C10H9IN2O2S/c1-2-3-12-9(14)5-13-10(15)7-4-8(11)16-6-7/h1,4,6H,3,5H2,(H,12,14)(H,13,15). The van der Waals surface area contributed by atoms with Gasteiger partial charge in [-0.15, -0.1) is 17.8 Å². The molecule has 0 saturated heterocycles. The van der Waals surface area contributed by atoms with Gasteiger partial charge in [0, 0.05) is 5.38 Å². The van der Waals surface area contributed by atoms with Crippen LogP contribution in [0.5, 0.6) is 0 Å². The maximum absolute atomic E-state index is 11.5. The summed E-state index contributed by atoms with van der Waals surface area (Å²) in [6, 6.07) is 1.76. The maximum Gasteiger partial charge on any atom is 0.252 e. The molecule has 2 N–H and O–H groups in total. The molecule has 1 rings (SSSR count). The lowest BCUT2D eigenvalue weighted by Crippen LogP contribution is -2.36. The quantitative estimate of drug-likeness (QED) is 0.626. The zero-order chi connectivity index (χ0) is 12.0. The van der Waals surface area contributed by atoms with Gasteiger partial charge in [0.15, 0.2) is 0 Å². The average molecular weight is 348 g/mol. The van der Waals surface area contributed by atoms with E-state index in [0.29, 0.717) is 5.56 Å². The molecule has 0 fully saturated rings. The highest BCUT2D eigenvalue weighted by molar-refractivity contribution is 14.1. The van der Waals surface area contributed by atoms with Gasteiger partial charge in [-0.2, -0.15) is 0 Å². The van der Waals surface area contributed by atoms with Gasteiger partial charge in [0.25, 0.3) is 5.91 Å². The fourth-order valence-corrected chi connectivity index (χ4v) is 2.23. The van der Waals surface area contributed by atoms with Crippen molar-refractivity contribution < 1.29 is 9.59 Å². The van der Waals surface area contributed by atoms with E-state index in [4.69, 9.17) is 6.42 Å². The Bertz CT molecular complexity index is 436. The maximum atomic E-state index is 11.5. The molecule has 1 heterocycles. The van der Waals surface area contributed by atoms with E-state index in [-0.39, 0.29) is 24.9 Å². The smallest absolute Gasteiger partial charge is 0.252 e. The number of terminal acetylenes is 1.